The van der Waals surface area contributed by atoms with E-state index >= 15 is 0 Å². The molecule has 2 heteroatoms. The summed E-state index contributed by atoms with van der Waals surface area (Å²) in [5.74, 6) is 0.470. The largest absolute Gasteiger partial charge is 0.366 e. The molecule has 0 spiro atoms. The fourth-order valence-corrected chi connectivity index (χ4v) is 3.61. The molecule has 1 unspecified atom stereocenters. The third-order valence-corrected chi connectivity index (χ3v) is 4.64. The van der Waals surface area contributed by atoms with Gasteiger partial charge in [0.15, 0.2) is 0 Å². The van der Waals surface area contributed by atoms with Crippen molar-refractivity contribution >= 4 is 5.69 Å². The minimum absolute atomic E-state index is 0.0699. The van der Waals surface area contributed by atoms with Gasteiger partial charge in [-0.2, -0.15) is 5.26 Å². The van der Waals surface area contributed by atoms with E-state index in [-0.39, 0.29) is 5.54 Å². The summed E-state index contributed by atoms with van der Waals surface area (Å²) in [7, 11) is 0. The second-order valence-electron chi connectivity index (χ2n) is 6.40. The van der Waals surface area contributed by atoms with E-state index in [1.165, 1.54) is 22.4 Å². The van der Waals surface area contributed by atoms with Crippen molar-refractivity contribution in [3.05, 3.63) is 28.8 Å². The molecular weight excluding hydrogens is 232 g/mol. The summed E-state index contributed by atoms with van der Waals surface area (Å²) < 4.78 is 0. The highest BCUT2D eigenvalue weighted by Crippen LogP contribution is 2.42. The molecule has 2 nitrogen and oxygen atoms in total. The third-order valence-electron chi connectivity index (χ3n) is 4.64. The minimum atomic E-state index is 0.0699. The Bertz CT molecular complexity index is 500. The molecule has 0 aromatic heterocycles. The molecule has 102 valence electrons. The first-order valence-corrected chi connectivity index (χ1v) is 7.10. The highest BCUT2D eigenvalue weighted by molar-refractivity contribution is 5.62. The van der Waals surface area contributed by atoms with Crippen LogP contribution in [0, 0.1) is 38.0 Å². The number of nitriles is 1. The lowest BCUT2D eigenvalue weighted by molar-refractivity contribution is 0.371. The van der Waals surface area contributed by atoms with Crippen LogP contribution in [0.5, 0.6) is 0 Å². The van der Waals surface area contributed by atoms with Gasteiger partial charge in [0.25, 0.3) is 0 Å². The molecule has 1 atom stereocenters. The van der Waals surface area contributed by atoms with E-state index in [9.17, 15) is 0 Å². The van der Waals surface area contributed by atoms with E-state index in [0.717, 1.165) is 13.0 Å². The topological polar surface area (TPSA) is 27.0 Å². The highest BCUT2D eigenvalue weighted by atomic mass is 15.2. The molecule has 0 bridgehead atoms. The number of aryl methyl sites for hydroxylation is 3. The minimum Gasteiger partial charge on any atom is -0.366 e. The van der Waals surface area contributed by atoms with E-state index in [1.54, 1.807) is 0 Å². The first-order chi connectivity index (χ1) is 8.87. The lowest BCUT2D eigenvalue weighted by atomic mass is 9.85. The van der Waals surface area contributed by atoms with E-state index in [0.29, 0.717) is 12.3 Å². The lowest BCUT2D eigenvalue weighted by Gasteiger charge is -2.39. The summed E-state index contributed by atoms with van der Waals surface area (Å²) in [4.78, 5) is 2.51. The van der Waals surface area contributed by atoms with Gasteiger partial charge < -0.3 is 4.90 Å². The molecule has 1 fully saturated rings. The van der Waals surface area contributed by atoms with Crippen molar-refractivity contribution in [3.63, 3.8) is 0 Å². The SMILES string of the molecule is Cc1cc(C)c(N2CCC(CC#N)C2(C)C)c(C)c1. The van der Waals surface area contributed by atoms with E-state index in [1.807, 2.05) is 0 Å². The maximum atomic E-state index is 8.99. The van der Waals surface area contributed by atoms with Crippen molar-refractivity contribution < 1.29 is 0 Å². The summed E-state index contributed by atoms with van der Waals surface area (Å²) in [5.41, 5.74) is 5.47. The monoisotopic (exact) mass is 256 g/mol. The predicted octanol–water partition coefficient (Wildman–Crippen LogP) is 4.13. The maximum absolute atomic E-state index is 8.99. The number of rotatable bonds is 2. The zero-order valence-corrected chi connectivity index (χ0v) is 12.7. The van der Waals surface area contributed by atoms with Gasteiger partial charge in [-0.25, -0.2) is 0 Å². The van der Waals surface area contributed by atoms with Crippen LogP contribution in [0.4, 0.5) is 5.69 Å². The van der Waals surface area contributed by atoms with Crippen LogP contribution in [0.1, 0.15) is 43.4 Å². The normalized spacial score (nSPS) is 21.5. The van der Waals surface area contributed by atoms with Crippen LogP contribution >= 0.6 is 0 Å². The molecule has 0 aliphatic carbocycles. The van der Waals surface area contributed by atoms with Crippen LogP contribution in [0.2, 0.25) is 0 Å². The lowest BCUT2D eigenvalue weighted by Crippen LogP contribution is -2.43. The predicted molar refractivity (Wildman–Crippen MR) is 80.4 cm³/mol. The maximum Gasteiger partial charge on any atom is 0.0625 e. The van der Waals surface area contributed by atoms with Crippen LogP contribution in [0.3, 0.4) is 0 Å². The Morgan fingerprint density at radius 1 is 1.26 bits per heavy atom. The molecule has 1 aromatic carbocycles. The average molecular weight is 256 g/mol. The summed E-state index contributed by atoms with van der Waals surface area (Å²) in [6.45, 7) is 12.2. The third kappa shape index (κ3) is 2.34. The van der Waals surface area contributed by atoms with Crippen LogP contribution in [-0.2, 0) is 0 Å². The van der Waals surface area contributed by atoms with Gasteiger partial charge in [-0.3, -0.25) is 0 Å². The van der Waals surface area contributed by atoms with Crippen LogP contribution < -0.4 is 4.90 Å². The Morgan fingerprint density at radius 2 is 1.84 bits per heavy atom. The molecule has 0 saturated carbocycles. The standard InChI is InChI=1S/C17H24N2/c1-12-10-13(2)16(14(3)11-12)19-9-7-15(6-8-18)17(19,4)5/h10-11,15H,6-7,9H2,1-5H3. The van der Waals surface area contributed by atoms with Crippen molar-refractivity contribution in [2.45, 2.75) is 53.0 Å². The molecule has 1 heterocycles. The second kappa shape index (κ2) is 4.89. The van der Waals surface area contributed by atoms with Gasteiger partial charge in [0.1, 0.15) is 0 Å². The molecule has 19 heavy (non-hydrogen) atoms. The smallest absolute Gasteiger partial charge is 0.0625 e. The van der Waals surface area contributed by atoms with Gasteiger partial charge in [0, 0.05) is 24.2 Å². The number of nitrogens with zero attached hydrogens (tertiary/aromatic N) is 2. The fraction of sp³-hybridized carbons (Fsp3) is 0.588. The van der Waals surface area contributed by atoms with Crippen molar-refractivity contribution in [2.24, 2.45) is 5.92 Å². The Hall–Kier alpha value is -1.49. The van der Waals surface area contributed by atoms with E-state index < -0.39 is 0 Å². The van der Waals surface area contributed by atoms with E-state index in [2.05, 4.69) is 57.7 Å². The number of hydrogen-bond donors (Lipinski definition) is 0. The van der Waals surface area contributed by atoms with E-state index in [4.69, 9.17) is 5.26 Å². The summed E-state index contributed by atoms with van der Waals surface area (Å²) in [6.07, 6.45) is 1.78. The molecule has 0 N–H and O–H groups in total. The molecular formula is C17H24N2. The molecule has 1 aliphatic rings. The zero-order chi connectivity index (χ0) is 14.2. The number of anilines is 1. The number of hydrogen-bond acceptors (Lipinski definition) is 2. The number of benzene rings is 1. The molecule has 1 aliphatic heterocycles. The Balaban J connectivity index is 2.42. The summed E-state index contributed by atoms with van der Waals surface area (Å²) in [5, 5.41) is 8.99. The zero-order valence-electron chi connectivity index (χ0n) is 12.7. The summed E-state index contributed by atoms with van der Waals surface area (Å²) >= 11 is 0. The quantitative estimate of drug-likeness (QED) is 0.795. The van der Waals surface area contributed by atoms with Crippen molar-refractivity contribution in [1.29, 1.82) is 5.26 Å². The van der Waals surface area contributed by atoms with Gasteiger partial charge >= 0.3 is 0 Å². The Labute approximate surface area is 117 Å². The van der Waals surface area contributed by atoms with Gasteiger partial charge in [0.2, 0.25) is 0 Å². The van der Waals surface area contributed by atoms with Crippen LogP contribution in [0.25, 0.3) is 0 Å². The van der Waals surface area contributed by atoms with Gasteiger partial charge in [-0.05, 0) is 58.1 Å². The van der Waals surface area contributed by atoms with Crippen LogP contribution in [-0.4, -0.2) is 12.1 Å². The van der Waals surface area contributed by atoms with Gasteiger partial charge in [-0.15, -0.1) is 0 Å². The average Bonchev–Trinajstić information content (AvgIpc) is 2.55. The Morgan fingerprint density at radius 3 is 2.37 bits per heavy atom. The highest BCUT2D eigenvalue weighted by Gasteiger charge is 2.41. The molecule has 0 radical (unpaired) electrons. The van der Waals surface area contributed by atoms with Crippen molar-refractivity contribution in [1.82, 2.24) is 0 Å². The first-order valence-electron chi connectivity index (χ1n) is 7.10. The van der Waals surface area contributed by atoms with Gasteiger partial charge in [0.05, 0.1) is 6.07 Å². The van der Waals surface area contributed by atoms with Gasteiger partial charge in [-0.1, -0.05) is 17.7 Å². The molecule has 0 amide bonds. The van der Waals surface area contributed by atoms with Crippen molar-refractivity contribution in [2.75, 3.05) is 11.4 Å². The molecule has 2 rings (SSSR count). The second-order valence-corrected chi connectivity index (χ2v) is 6.40. The molecule has 1 aromatic rings. The Kier molecular flexibility index (Phi) is 3.58. The fourth-order valence-electron chi connectivity index (χ4n) is 3.61. The first kappa shape index (κ1) is 13.9. The summed E-state index contributed by atoms with van der Waals surface area (Å²) in [6, 6.07) is 6.87. The van der Waals surface area contributed by atoms with Crippen LogP contribution in [0.15, 0.2) is 12.1 Å². The van der Waals surface area contributed by atoms with Crippen molar-refractivity contribution in [3.8, 4) is 6.07 Å². The molecule has 1 saturated heterocycles.